The molecule has 106 heavy (non-hydrogen) atoms. The number of amides is 6. The fourth-order valence-corrected chi connectivity index (χ4v) is 15.0. The molecular weight excluding hydrogens is 1340 g/mol. The fraction of sp³-hybridized carbons (Fsp3) is 0.299. The summed E-state index contributed by atoms with van der Waals surface area (Å²) in [5.74, 6) is -1.93. The van der Waals surface area contributed by atoms with E-state index in [1.54, 1.807) is 31.4 Å². The summed E-state index contributed by atoms with van der Waals surface area (Å²) < 4.78 is 34.6. The molecule has 0 radical (unpaired) electrons. The van der Waals surface area contributed by atoms with Gasteiger partial charge in [0.2, 0.25) is 11.8 Å². The zero-order chi connectivity index (χ0) is 72.4. The van der Waals surface area contributed by atoms with Gasteiger partial charge in [-0.15, -0.1) is 0 Å². The molecule has 19 heteroatoms. The number of nitrogens with one attached hydrogen (secondary N) is 6. The van der Waals surface area contributed by atoms with Gasteiger partial charge < -0.3 is 60.3 Å². The van der Waals surface area contributed by atoms with Gasteiger partial charge in [-0.1, -0.05) is 214 Å². The monoisotopic (exact) mass is 1430 g/mol. The number of carbonyl (C=O) groups is 7. The molecule has 3 atom stereocenters. The van der Waals surface area contributed by atoms with Crippen LogP contribution in [-0.2, 0) is 44.7 Å². The number of rotatable bonds is 32. The Hall–Kier alpha value is -11.7. The average Bonchev–Trinajstić information content (AvgIpc) is 1.64. The van der Waals surface area contributed by atoms with Crippen molar-refractivity contribution >= 4 is 42.2 Å². The SMILES string of the molecule is C.COc1ccc(COC(=O)[C@H](CCCCNC(=O)[C@H](CCCCNC(=O)OCC2c3ccccc3-c3ccccc32)NC(=O)OCC2c3ccccc3-c3ccccc32)NC(=O)[C@H](CCCCNC(=O)OCC2c3ccccc3-c3ccccc32)NC(=O)OCC2c3ccccc3-c3ccccc32)cc1. The number of benzene rings is 9. The van der Waals surface area contributed by atoms with E-state index in [1.807, 2.05) is 133 Å². The van der Waals surface area contributed by atoms with Crippen molar-refractivity contribution in [3.63, 3.8) is 0 Å². The molecule has 6 N–H and O–H groups in total. The predicted molar refractivity (Wildman–Crippen MR) is 406 cm³/mol. The Bertz CT molecular complexity index is 4420. The van der Waals surface area contributed by atoms with Gasteiger partial charge in [0.05, 0.1) is 7.11 Å². The normalized spacial score (nSPS) is 13.5. The summed E-state index contributed by atoms with van der Waals surface area (Å²) in [6.45, 7) is 0.807. The first kappa shape index (κ1) is 74.0. The first-order chi connectivity index (χ1) is 51.5. The molecule has 0 saturated carbocycles. The van der Waals surface area contributed by atoms with Crippen LogP contribution in [0.5, 0.6) is 5.75 Å². The van der Waals surface area contributed by atoms with E-state index >= 15 is 0 Å². The minimum absolute atomic E-state index is 0. The molecule has 0 heterocycles. The third kappa shape index (κ3) is 17.6. The van der Waals surface area contributed by atoms with Crippen molar-refractivity contribution in [2.45, 2.75) is 114 Å². The van der Waals surface area contributed by atoms with E-state index in [0.717, 1.165) is 89.0 Å². The quantitative estimate of drug-likeness (QED) is 0.0131. The molecule has 9 aromatic carbocycles. The number of carbonyl (C=O) groups excluding carboxylic acids is 7. The Kier molecular flexibility index (Phi) is 24.9. The van der Waals surface area contributed by atoms with Gasteiger partial charge in [-0.25, -0.2) is 24.0 Å². The lowest BCUT2D eigenvalue weighted by Gasteiger charge is -2.23. The Morgan fingerprint density at radius 3 is 0.915 bits per heavy atom. The van der Waals surface area contributed by atoms with Gasteiger partial charge >= 0.3 is 30.3 Å². The van der Waals surface area contributed by atoms with Crippen molar-refractivity contribution in [2.75, 3.05) is 53.2 Å². The highest BCUT2D eigenvalue weighted by molar-refractivity contribution is 5.90. The molecule has 0 saturated heterocycles. The minimum atomic E-state index is -1.21. The first-order valence-corrected chi connectivity index (χ1v) is 36.3. The average molecular weight is 1430 g/mol. The van der Waals surface area contributed by atoms with Crippen molar-refractivity contribution < 1.29 is 62.0 Å². The van der Waals surface area contributed by atoms with Gasteiger partial charge in [0.1, 0.15) is 56.9 Å². The van der Waals surface area contributed by atoms with Gasteiger partial charge in [-0.2, -0.15) is 0 Å². The number of hydrogen-bond donors (Lipinski definition) is 6. The highest BCUT2D eigenvalue weighted by Gasteiger charge is 2.35. The van der Waals surface area contributed by atoms with Gasteiger partial charge in [0.25, 0.3) is 0 Å². The number of methoxy groups -OCH3 is 1. The number of alkyl carbamates (subject to hydrolysis) is 4. The van der Waals surface area contributed by atoms with Gasteiger partial charge in [-0.3, -0.25) is 9.59 Å². The lowest BCUT2D eigenvalue weighted by atomic mass is 9.98. The van der Waals surface area contributed by atoms with Crippen molar-refractivity contribution in [2.24, 2.45) is 0 Å². The van der Waals surface area contributed by atoms with E-state index in [2.05, 4.69) is 92.6 Å². The van der Waals surface area contributed by atoms with E-state index in [9.17, 15) is 33.6 Å². The number of ether oxygens (including phenoxy) is 6. The van der Waals surface area contributed by atoms with E-state index in [4.69, 9.17) is 28.4 Å². The molecule has 19 nitrogen and oxygen atoms in total. The molecule has 13 rings (SSSR count). The van der Waals surface area contributed by atoms with Crippen LogP contribution in [0.25, 0.3) is 44.5 Å². The maximum absolute atomic E-state index is 14.7. The molecule has 4 aliphatic carbocycles. The standard InChI is InChI=1S/C86H86N6O13.CH4/c1-100-56-45-43-55(44-46-56)50-101-82(95)79(90-81(94)78(92-86(99)105-54-76-71-38-16-8-30-63(71)64-31-9-17-39-72(64)76)41-19-23-49-89-84(97)103-52-74-67-34-12-4-26-59(67)60-27-5-13-35-68(60)74)42-20-21-47-87-80(93)77(91-85(98)104-53-75-69-36-14-6-28-61(69)62-29-7-15-37-70(62)75)40-18-22-48-88-83(96)102-51-73-65-32-10-2-24-57(65)58-25-3-11-33-66(58)73;/h2-17,24-39,43-46,73-79H,18-23,40-42,47-54H2,1H3,(H,87,93)(H,88,96)(H,89,97)(H,90,94)(H,91,98)(H,92,99);1H4/t77-,78-,79-;/m0./s1. The molecular formula is C87H90N6O13. The van der Waals surface area contributed by atoms with E-state index in [0.29, 0.717) is 49.8 Å². The van der Waals surface area contributed by atoms with Crippen molar-refractivity contribution in [1.29, 1.82) is 0 Å². The molecule has 4 aliphatic rings. The highest BCUT2D eigenvalue weighted by Crippen LogP contribution is 2.48. The van der Waals surface area contributed by atoms with Crippen LogP contribution in [0.2, 0.25) is 0 Å². The Labute approximate surface area is 618 Å². The number of esters is 1. The van der Waals surface area contributed by atoms with Crippen molar-refractivity contribution in [3.8, 4) is 50.3 Å². The fourth-order valence-electron chi connectivity index (χ4n) is 15.0. The largest absolute Gasteiger partial charge is 0.497 e. The lowest BCUT2D eigenvalue weighted by Crippen LogP contribution is -2.52. The maximum Gasteiger partial charge on any atom is 0.407 e. The predicted octanol–water partition coefficient (Wildman–Crippen LogP) is 15.4. The van der Waals surface area contributed by atoms with Crippen LogP contribution in [0, 0.1) is 0 Å². The summed E-state index contributed by atoms with van der Waals surface area (Å²) in [5.41, 5.74) is 17.9. The molecule has 0 fully saturated rings. The van der Waals surface area contributed by atoms with Gasteiger partial charge in [0, 0.05) is 43.3 Å². The van der Waals surface area contributed by atoms with E-state index < -0.39 is 60.3 Å². The van der Waals surface area contributed by atoms with E-state index in [-0.39, 0.29) is 103 Å². The van der Waals surface area contributed by atoms with Crippen LogP contribution in [0.4, 0.5) is 19.2 Å². The maximum atomic E-state index is 14.7. The molecule has 0 aliphatic heterocycles. The molecule has 0 unspecified atom stereocenters. The smallest absolute Gasteiger partial charge is 0.407 e. The zero-order valence-corrected chi connectivity index (χ0v) is 58.7. The zero-order valence-electron chi connectivity index (χ0n) is 58.7. The Balaban J connectivity index is 0.0000105. The molecule has 0 aromatic heterocycles. The van der Waals surface area contributed by atoms with Crippen molar-refractivity contribution in [3.05, 3.63) is 268 Å². The third-order valence-electron chi connectivity index (χ3n) is 20.3. The second kappa shape index (κ2) is 35.6. The Morgan fingerprint density at radius 1 is 0.311 bits per heavy atom. The summed E-state index contributed by atoms with van der Waals surface area (Å²) >= 11 is 0. The number of hydrogen-bond acceptors (Lipinski definition) is 13. The van der Waals surface area contributed by atoms with Crippen LogP contribution < -0.4 is 36.6 Å². The molecule has 6 amide bonds. The van der Waals surface area contributed by atoms with Gasteiger partial charge in [0.15, 0.2) is 0 Å². The summed E-state index contributed by atoms with van der Waals surface area (Å²) in [5, 5.41) is 17.2. The number of fused-ring (bicyclic) bond motifs is 12. The third-order valence-corrected chi connectivity index (χ3v) is 20.3. The highest BCUT2D eigenvalue weighted by atomic mass is 16.6. The lowest BCUT2D eigenvalue weighted by molar-refractivity contribution is -0.149. The summed E-state index contributed by atoms with van der Waals surface area (Å²) in [4.78, 5) is 97.4. The number of unbranched alkanes of at least 4 members (excludes halogenated alkanes) is 3. The minimum Gasteiger partial charge on any atom is -0.497 e. The molecule has 546 valence electrons. The van der Waals surface area contributed by atoms with Crippen LogP contribution in [0.15, 0.2) is 218 Å². The van der Waals surface area contributed by atoms with Gasteiger partial charge in [-0.05, 0) is 164 Å². The first-order valence-electron chi connectivity index (χ1n) is 36.3. The summed E-state index contributed by atoms with van der Waals surface area (Å²) in [6.07, 6.45) is -0.0707. The molecule has 0 bridgehead atoms. The topological polar surface area (TPSA) is 247 Å². The summed E-state index contributed by atoms with van der Waals surface area (Å²) in [6, 6.07) is 68.0. The Morgan fingerprint density at radius 2 is 0.594 bits per heavy atom. The van der Waals surface area contributed by atoms with Crippen LogP contribution >= 0.6 is 0 Å². The van der Waals surface area contributed by atoms with Crippen LogP contribution in [0.3, 0.4) is 0 Å². The van der Waals surface area contributed by atoms with Crippen LogP contribution in [-0.4, -0.2) is 113 Å². The molecule has 0 spiro atoms. The van der Waals surface area contributed by atoms with Crippen LogP contribution in [0.1, 0.15) is 139 Å². The second-order valence-corrected chi connectivity index (χ2v) is 26.8. The van der Waals surface area contributed by atoms with Crippen molar-refractivity contribution in [1.82, 2.24) is 31.9 Å². The molecule has 9 aromatic rings. The second-order valence-electron chi connectivity index (χ2n) is 26.8. The summed E-state index contributed by atoms with van der Waals surface area (Å²) in [7, 11) is 1.55. The van der Waals surface area contributed by atoms with E-state index in [1.165, 1.54) is 0 Å².